The summed E-state index contributed by atoms with van der Waals surface area (Å²) in [4.78, 5) is 0. The monoisotopic (exact) mass is 287 g/mol. The van der Waals surface area contributed by atoms with Gasteiger partial charge in [-0.25, -0.2) is 0 Å². The van der Waals surface area contributed by atoms with Crippen LogP contribution in [0.4, 0.5) is 0 Å². The Morgan fingerprint density at radius 3 is 2.55 bits per heavy atom. The quantitative estimate of drug-likeness (QED) is 0.861. The van der Waals surface area contributed by atoms with E-state index >= 15 is 0 Å². The molecule has 0 spiro atoms. The van der Waals surface area contributed by atoms with Gasteiger partial charge < -0.3 is 10.1 Å². The molecule has 0 amide bonds. The second-order valence-electron chi connectivity index (χ2n) is 5.34. The standard InChI is InChI=1S/C17H18ClNO/c1-12-2-9-17(16(18)10-12)20-15-7-3-13(4-8-15)11-19-14-5-6-14/h2-4,7-10,14,19H,5-6,11H2,1H3. The lowest BCUT2D eigenvalue weighted by atomic mass is 10.2. The molecule has 20 heavy (non-hydrogen) atoms. The van der Waals surface area contributed by atoms with Crippen LogP contribution in [0.25, 0.3) is 0 Å². The van der Waals surface area contributed by atoms with E-state index in [0.29, 0.717) is 10.8 Å². The Labute approximate surface area is 124 Å². The number of ether oxygens (including phenoxy) is 1. The molecule has 1 N–H and O–H groups in total. The average molecular weight is 288 g/mol. The molecule has 0 aromatic heterocycles. The molecule has 1 fully saturated rings. The molecule has 3 rings (SSSR count). The lowest BCUT2D eigenvalue weighted by Crippen LogP contribution is -2.14. The molecule has 1 aliphatic rings. The van der Waals surface area contributed by atoms with Gasteiger partial charge in [-0.2, -0.15) is 0 Å². The Kier molecular flexibility index (Phi) is 3.95. The molecule has 1 aliphatic carbocycles. The molecule has 3 heteroatoms. The molecular weight excluding hydrogens is 270 g/mol. The van der Waals surface area contributed by atoms with E-state index in [2.05, 4.69) is 17.4 Å². The van der Waals surface area contributed by atoms with Gasteiger partial charge in [0.05, 0.1) is 5.02 Å². The van der Waals surface area contributed by atoms with Gasteiger partial charge in [0.25, 0.3) is 0 Å². The van der Waals surface area contributed by atoms with Crippen molar-refractivity contribution in [1.82, 2.24) is 5.32 Å². The molecular formula is C17H18ClNO. The number of hydrogen-bond donors (Lipinski definition) is 1. The largest absolute Gasteiger partial charge is 0.456 e. The third-order valence-corrected chi connectivity index (χ3v) is 3.71. The summed E-state index contributed by atoms with van der Waals surface area (Å²) in [5, 5.41) is 4.14. The number of rotatable bonds is 5. The summed E-state index contributed by atoms with van der Waals surface area (Å²) in [5.41, 5.74) is 2.41. The third kappa shape index (κ3) is 3.53. The smallest absolute Gasteiger partial charge is 0.146 e. The fraction of sp³-hybridized carbons (Fsp3) is 0.294. The van der Waals surface area contributed by atoms with E-state index in [9.17, 15) is 0 Å². The van der Waals surface area contributed by atoms with Crippen molar-refractivity contribution < 1.29 is 4.74 Å². The molecule has 2 aromatic carbocycles. The predicted octanol–water partition coefficient (Wildman–Crippen LogP) is 4.69. The minimum Gasteiger partial charge on any atom is -0.456 e. The summed E-state index contributed by atoms with van der Waals surface area (Å²) in [6.45, 7) is 2.94. The van der Waals surface area contributed by atoms with Crippen molar-refractivity contribution in [3.8, 4) is 11.5 Å². The van der Waals surface area contributed by atoms with E-state index in [1.54, 1.807) is 0 Å². The second-order valence-corrected chi connectivity index (χ2v) is 5.74. The van der Waals surface area contributed by atoms with Crippen LogP contribution in [0.5, 0.6) is 11.5 Å². The fourth-order valence-electron chi connectivity index (χ4n) is 2.04. The molecule has 2 nitrogen and oxygen atoms in total. The van der Waals surface area contributed by atoms with Crippen molar-refractivity contribution >= 4 is 11.6 Å². The fourth-order valence-corrected chi connectivity index (χ4v) is 2.31. The van der Waals surface area contributed by atoms with E-state index < -0.39 is 0 Å². The van der Waals surface area contributed by atoms with Crippen molar-refractivity contribution in [2.75, 3.05) is 0 Å². The number of aryl methyl sites for hydroxylation is 1. The van der Waals surface area contributed by atoms with Crippen molar-refractivity contribution in [3.05, 3.63) is 58.6 Å². The first-order valence-electron chi connectivity index (χ1n) is 6.97. The topological polar surface area (TPSA) is 21.3 Å². The first kappa shape index (κ1) is 13.5. The summed E-state index contributed by atoms with van der Waals surface area (Å²) in [5.74, 6) is 1.51. The van der Waals surface area contributed by atoms with Gasteiger partial charge >= 0.3 is 0 Å². The van der Waals surface area contributed by atoms with E-state index in [-0.39, 0.29) is 0 Å². The average Bonchev–Trinajstić information content (AvgIpc) is 3.25. The maximum Gasteiger partial charge on any atom is 0.146 e. The van der Waals surface area contributed by atoms with Crippen LogP contribution < -0.4 is 10.1 Å². The summed E-state index contributed by atoms with van der Waals surface area (Å²) < 4.78 is 5.80. The highest BCUT2D eigenvalue weighted by Gasteiger charge is 2.19. The van der Waals surface area contributed by atoms with Gasteiger partial charge in [-0.1, -0.05) is 29.8 Å². The maximum atomic E-state index is 6.17. The van der Waals surface area contributed by atoms with Crippen LogP contribution in [0.2, 0.25) is 5.02 Å². The maximum absolute atomic E-state index is 6.17. The zero-order chi connectivity index (χ0) is 13.9. The zero-order valence-electron chi connectivity index (χ0n) is 11.5. The van der Waals surface area contributed by atoms with Crippen molar-refractivity contribution in [2.45, 2.75) is 32.4 Å². The van der Waals surface area contributed by atoms with Crippen LogP contribution in [-0.4, -0.2) is 6.04 Å². The Morgan fingerprint density at radius 1 is 1.15 bits per heavy atom. The Morgan fingerprint density at radius 2 is 1.90 bits per heavy atom. The van der Waals surface area contributed by atoms with Crippen LogP contribution >= 0.6 is 11.6 Å². The first-order valence-corrected chi connectivity index (χ1v) is 7.35. The molecule has 104 valence electrons. The molecule has 0 saturated heterocycles. The Balaban J connectivity index is 1.64. The SMILES string of the molecule is Cc1ccc(Oc2ccc(CNC3CC3)cc2)c(Cl)c1. The molecule has 0 heterocycles. The first-order chi connectivity index (χ1) is 9.70. The summed E-state index contributed by atoms with van der Waals surface area (Å²) >= 11 is 6.17. The van der Waals surface area contributed by atoms with Gasteiger partial charge in [-0.15, -0.1) is 0 Å². The van der Waals surface area contributed by atoms with Gasteiger partial charge in [0.1, 0.15) is 11.5 Å². The van der Waals surface area contributed by atoms with Crippen LogP contribution in [0.1, 0.15) is 24.0 Å². The minimum atomic E-state index is 0.643. The summed E-state index contributed by atoms with van der Waals surface area (Å²) in [6.07, 6.45) is 2.63. The van der Waals surface area contributed by atoms with Gasteiger partial charge in [-0.3, -0.25) is 0 Å². The van der Waals surface area contributed by atoms with Crippen molar-refractivity contribution in [3.63, 3.8) is 0 Å². The Bertz CT molecular complexity index is 590. The second kappa shape index (κ2) is 5.86. The van der Waals surface area contributed by atoms with E-state index in [1.165, 1.54) is 18.4 Å². The Hall–Kier alpha value is -1.51. The predicted molar refractivity (Wildman–Crippen MR) is 82.6 cm³/mol. The molecule has 0 atom stereocenters. The van der Waals surface area contributed by atoms with Gasteiger partial charge in [0.15, 0.2) is 0 Å². The van der Waals surface area contributed by atoms with Gasteiger partial charge in [0.2, 0.25) is 0 Å². The van der Waals surface area contributed by atoms with Crippen LogP contribution in [0.3, 0.4) is 0 Å². The number of benzene rings is 2. The molecule has 0 radical (unpaired) electrons. The number of nitrogens with one attached hydrogen (secondary N) is 1. The highest BCUT2D eigenvalue weighted by atomic mass is 35.5. The lowest BCUT2D eigenvalue weighted by molar-refractivity contribution is 0.482. The zero-order valence-corrected chi connectivity index (χ0v) is 12.3. The number of halogens is 1. The molecule has 0 aliphatic heterocycles. The lowest BCUT2D eigenvalue weighted by Gasteiger charge is -2.09. The van der Waals surface area contributed by atoms with Gasteiger partial charge in [0, 0.05) is 12.6 Å². The highest BCUT2D eigenvalue weighted by Crippen LogP contribution is 2.30. The summed E-state index contributed by atoms with van der Waals surface area (Å²) in [7, 11) is 0. The molecule has 1 saturated carbocycles. The van der Waals surface area contributed by atoms with E-state index in [0.717, 1.165) is 23.9 Å². The van der Waals surface area contributed by atoms with Crippen molar-refractivity contribution in [2.24, 2.45) is 0 Å². The summed E-state index contributed by atoms with van der Waals surface area (Å²) in [6, 6.07) is 14.7. The molecule has 0 unspecified atom stereocenters. The van der Waals surface area contributed by atoms with Crippen molar-refractivity contribution in [1.29, 1.82) is 0 Å². The van der Waals surface area contributed by atoms with Crippen LogP contribution in [0.15, 0.2) is 42.5 Å². The van der Waals surface area contributed by atoms with E-state index in [4.69, 9.17) is 16.3 Å². The minimum absolute atomic E-state index is 0.643. The number of hydrogen-bond acceptors (Lipinski definition) is 2. The third-order valence-electron chi connectivity index (χ3n) is 3.41. The van der Waals surface area contributed by atoms with Crippen LogP contribution in [-0.2, 0) is 6.54 Å². The van der Waals surface area contributed by atoms with E-state index in [1.807, 2.05) is 37.3 Å². The normalized spacial score (nSPS) is 14.3. The molecule has 2 aromatic rings. The highest BCUT2D eigenvalue weighted by molar-refractivity contribution is 6.32. The van der Waals surface area contributed by atoms with Crippen LogP contribution in [0, 0.1) is 6.92 Å². The van der Waals surface area contributed by atoms with Gasteiger partial charge in [-0.05, 0) is 55.2 Å². The molecule has 0 bridgehead atoms.